The summed E-state index contributed by atoms with van der Waals surface area (Å²) < 4.78 is 1.73. The maximum absolute atomic E-state index is 12.7. The Kier molecular flexibility index (Phi) is 3.50. The molecular weight excluding hydrogens is 302 g/mol. The van der Waals surface area contributed by atoms with Crippen LogP contribution >= 0.6 is 11.6 Å². The lowest BCUT2D eigenvalue weighted by molar-refractivity contribution is -0.114. The van der Waals surface area contributed by atoms with Gasteiger partial charge in [-0.2, -0.15) is 0 Å². The molecule has 0 saturated heterocycles. The fraction of sp³-hybridized carbons (Fsp3) is 0.125. The van der Waals surface area contributed by atoms with E-state index in [1.807, 2.05) is 0 Å². The summed E-state index contributed by atoms with van der Waals surface area (Å²) in [6.45, 7) is 1.41. The molecule has 5 nitrogen and oxygen atoms in total. The number of ketones is 1. The summed E-state index contributed by atoms with van der Waals surface area (Å²) in [5.74, 6) is -0.430. The van der Waals surface area contributed by atoms with E-state index in [1.165, 1.54) is 6.92 Å². The van der Waals surface area contributed by atoms with E-state index in [0.717, 1.165) is 5.39 Å². The average molecular weight is 316 g/mol. The number of rotatable bonds is 3. The molecular formula is C16H14ClN3O2. The molecule has 2 N–H and O–H groups in total. The third-order valence-electron chi connectivity index (χ3n) is 3.47. The molecule has 2 heterocycles. The third kappa shape index (κ3) is 2.40. The molecule has 22 heavy (non-hydrogen) atoms. The molecule has 1 amide bonds. The summed E-state index contributed by atoms with van der Waals surface area (Å²) >= 11 is 5.99. The highest BCUT2D eigenvalue weighted by atomic mass is 35.5. The highest BCUT2D eigenvalue weighted by Crippen LogP contribution is 2.31. The average Bonchev–Trinajstić information content (AvgIpc) is 3.02. The first-order valence-electron chi connectivity index (χ1n) is 6.72. The minimum Gasteiger partial charge on any atom is -0.350 e. The summed E-state index contributed by atoms with van der Waals surface area (Å²) in [5, 5.41) is 4.04. The number of amides is 1. The molecule has 6 heteroatoms. The maximum atomic E-state index is 12.7. The Hall–Kier alpha value is -2.53. The van der Waals surface area contributed by atoms with E-state index in [1.54, 1.807) is 48.1 Å². The van der Waals surface area contributed by atoms with Crippen LogP contribution in [-0.4, -0.2) is 21.2 Å². The number of benzene rings is 1. The number of nitrogens with one attached hydrogen (secondary N) is 2. The number of halogens is 1. The van der Waals surface area contributed by atoms with Crippen LogP contribution in [0.5, 0.6) is 0 Å². The van der Waals surface area contributed by atoms with Gasteiger partial charge in [0, 0.05) is 36.1 Å². The van der Waals surface area contributed by atoms with Crippen molar-refractivity contribution >= 4 is 39.9 Å². The smallest absolute Gasteiger partial charge is 0.227 e. The summed E-state index contributed by atoms with van der Waals surface area (Å²) in [7, 11) is 1.80. The van der Waals surface area contributed by atoms with Crippen molar-refractivity contribution in [1.29, 1.82) is 0 Å². The van der Waals surface area contributed by atoms with E-state index in [9.17, 15) is 9.59 Å². The number of carbonyl (C=O) groups excluding carboxylic acids is 2. The maximum Gasteiger partial charge on any atom is 0.227 e. The molecule has 1 aromatic carbocycles. The minimum atomic E-state index is -0.239. The number of hydrogen-bond donors (Lipinski definition) is 2. The Morgan fingerprint density at radius 1 is 1.27 bits per heavy atom. The molecule has 0 radical (unpaired) electrons. The zero-order chi connectivity index (χ0) is 15.9. The first-order chi connectivity index (χ1) is 10.5. The van der Waals surface area contributed by atoms with Gasteiger partial charge in [-0.05, 0) is 30.3 Å². The monoisotopic (exact) mass is 315 g/mol. The molecule has 0 fully saturated rings. The predicted molar refractivity (Wildman–Crippen MR) is 86.5 cm³/mol. The number of H-pyrrole nitrogens is 1. The van der Waals surface area contributed by atoms with E-state index >= 15 is 0 Å². The van der Waals surface area contributed by atoms with E-state index < -0.39 is 0 Å². The van der Waals surface area contributed by atoms with Crippen molar-refractivity contribution in [2.75, 3.05) is 5.32 Å². The van der Waals surface area contributed by atoms with Crippen LogP contribution in [0.4, 0.5) is 5.69 Å². The zero-order valence-corrected chi connectivity index (χ0v) is 12.9. The lowest BCUT2D eigenvalue weighted by Crippen LogP contribution is -2.13. The Bertz CT molecular complexity index is 892. The third-order valence-corrected chi connectivity index (χ3v) is 3.70. The Balaban J connectivity index is 2.21. The van der Waals surface area contributed by atoms with Gasteiger partial charge in [0.15, 0.2) is 0 Å². The molecule has 3 aromatic rings. The molecule has 0 aliphatic heterocycles. The van der Waals surface area contributed by atoms with Crippen LogP contribution in [-0.2, 0) is 11.8 Å². The van der Waals surface area contributed by atoms with E-state index in [4.69, 9.17) is 11.6 Å². The van der Waals surface area contributed by atoms with Gasteiger partial charge in [-0.1, -0.05) is 11.6 Å². The summed E-state index contributed by atoms with van der Waals surface area (Å²) in [6.07, 6.45) is 1.80. The Morgan fingerprint density at radius 3 is 2.68 bits per heavy atom. The quantitative estimate of drug-likeness (QED) is 0.728. The second-order valence-electron chi connectivity index (χ2n) is 5.08. The van der Waals surface area contributed by atoms with Gasteiger partial charge in [0.05, 0.1) is 11.4 Å². The van der Waals surface area contributed by atoms with Crippen LogP contribution in [0.1, 0.15) is 23.1 Å². The van der Waals surface area contributed by atoms with E-state index in [0.29, 0.717) is 27.6 Å². The molecule has 0 bridgehead atoms. The number of aromatic amines is 1. The van der Waals surface area contributed by atoms with Crippen LogP contribution in [0.3, 0.4) is 0 Å². The number of aryl methyl sites for hydroxylation is 1. The summed E-state index contributed by atoms with van der Waals surface area (Å²) in [5.41, 5.74) is 2.05. The molecule has 0 atom stereocenters. The Morgan fingerprint density at radius 2 is 2.05 bits per heavy atom. The lowest BCUT2D eigenvalue weighted by atomic mass is 10.1. The second-order valence-corrected chi connectivity index (χ2v) is 5.52. The second kappa shape index (κ2) is 5.35. The van der Waals surface area contributed by atoms with Gasteiger partial charge in [-0.25, -0.2) is 0 Å². The Labute approximate surface area is 131 Å². The zero-order valence-electron chi connectivity index (χ0n) is 12.1. The van der Waals surface area contributed by atoms with Gasteiger partial charge < -0.3 is 14.9 Å². The molecule has 0 spiro atoms. The minimum absolute atomic E-state index is 0.191. The van der Waals surface area contributed by atoms with Crippen molar-refractivity contribution in [2.45, 2.75) is 6.92 Å². The molecule has 2 aromatic heterocycles. The first kappa shape index (κ1) is 14.4. The van der Waals surface area contributed by atoms with Gasteiger partial charge in [0.2, 0.25) is 11.7 Å². The first-order valence-corrected chi connectivity index (χ1v) is 7.10. The van der Waals surface area contributed by atoms with E-state index in [-0.39, 0.29) is 11.7 Å². The molecule has 0 unspecified atom stereocenters. The highest BCUT2D eigenvalue weighted by Gasteiger charge is 2.21. The van der Waals surface area contributed by atoms with Gasteiger partial charge in [0.25, 0.3) is 0 Å². The normalized spacial score (nSPS) is 10.9. The molecule has 0 saturated carbocycles. The largest absolute Gasteiger partial charge is 0.350 e. The van der Waals surface area contributed by atoms with Crippen LogP contribution in [0.15, 0.2) is 36.5 Å². The van der Waals surface area contributed by atoms with Crippen molar-refractivity contribution in [2.24, 2.45) is 7.05 Å². The molecule has 3 rings (SSSR count). The number of aromatic nitrogens is 2. The van der Waals surface area contributed by atoms with Crippen LogP contribution < -0.4 is 5.32 Å². The standard InChI is InChI=1S/C16H14ClN3O2/c1-9(21)18-14-11-6-5-10(17)8-12(11)19-15(14)16(22)13-4-3-7-20(13)2/h3-8,19H,1-2H3,(H,18,21). The fourth-order valence-corrected chi connectivity index (χ4v) is 2.64. The van der Waals surface area contributed by atoms with Gasteiger partial charge in [-0.15, -0.1) is 0 Å². The number of fused-ring (bicyclic) bond motifs is 1. The van der Waals surface area contributed by atoms with Crippen LogP contribution in [0, 0.1) is 0 Å². The number of nitrogens with zero attached hydrogens (tertiary/aromatic N) is 1. The number of carbonyl (C=O) groups is 2. The van der Waals surface area contributed by atoms with Gasteiger partial charge >= 0.3 is 0 Å². The number of hydrogen-bond acceptors (Lipinski definition) is 2. The van der Waals surface area contributed by atoms with Gasteiger partial charge in [0.1, 0.15) is 5.69 Å². The van der Waals surface area contributed by atoms with Gasteiger partial charge in [-0.3, -0.25) is 9.59 Å². The van der Waals surface area contributed by atoms with E-state index in [2.05, 4.69) is 10.3 Å². The molecule has 0 aliphatic rings. The van der Waals surface area contributed by atoms with Crippen molar-refractivity contribution in [3.63, 3.8) is 0 Å². The molecule has 0 aliphatic carbocycles. The predicted octanol–water partition coefficient (Wildman–Crippen LogP) is 3.35. The van der Waals surface area contributed by atoms with Crippen LogP contribution in [0.2, 0.25) is 5.02 Å². The number of anilines is 1. The van der Waals surface area contributed by atoms with Crippen molar-refractivity contribution in [3.8, 4) is 0 Å². The summed E-state index contributed by atoms with van der Waals surface area (Å²) in [4.78, 5) is 27.3. The molecule has 112 valence electrons. The van der Waals surface area contributed by atoms with Crippen molar-refractivity contribution in [3.05, 3.63) is 52.9 Å². The van der Waals surface area contributed by atoms with Crippen LogP contribution in [0.25, 0.3) is 10.9 Å². The highest BCUT2D eigenvalue weighted by molar-refractivity contribution is 6.31. The fourth-order valence-electron chi connectivity index (χ4n) is 2.47. The topological polar surface area (TPSA) is 66.9 Å². The summed E-state index contributed by atoms with van der Waals surface area (Å²) in [6, 6.07) is 8.76. The van der Waals surface area contributed by atoms with Crippen molar-refractivity contribution < 1.29 is 9.59 Å². The SMILES string of the molecule is CC(=O)Nc1c(C(=O)c2cccn2C)[nH]c2cc(Cl)ccc12. The lowest BCUT2D eigenvalue weighted by Gasteiger charge is -2.05. The van der Waals surface area contributed by atoms with Crippen molar-refractivity contribution in [1.82, 2.24) is 9.55 Å².